The number of hydrogen-bond donors (Lipinski definition) is 0. The van der Waals surface area contributed by atoms with E-state index in [0.29, 0.717) is 0 Å². The second kappa shape index (κ2) is 81.9. The van der Waals surface area contributed by atoms with Crippen LogP contribution in [0, 0.1) is 62.3 Å². The summed E-state index contributed by atoms with van der Waals surface area (Å²) < 4.78 is 0. The highest BCUT2D eigenvalue weighted by Crippen LogP contribution is 2.13. The molecule has 0 fully saturated rings. The van der Waals surface area contributed by atoms with Crippen LogP contribution in [0.5, 0.6) is 0 Å². The van der Waals surface area contributed by atoms with Crippen LogP contribution in [-0.4, -0.2) is 74.8 Å². The molecule has 0 saturated heterocycles. The lowest BCUT2D eigenvalue weighted by atomic mass is 10.1. The van der Waals surface area contributed by atoms with Gasteiger partial charge in [-0.05, 0) is 133 Å². The van der Waals surface area contributed by atoms with Crippen molar-refractivity contribution in [2.45, 2.75) is 187 Å². The molecule has 1 aromatic carbocycles. The molecule has 9 heterocycles. The number of pyridine rings is 4. The fraction of sp³-hybridized carbons (Fsp3) is 0.386. The van der Waals surface area contributed by atoms with Crippen molar-refractivity contribution in [3.63, 3.8) is 0 Å². The minimum atomic E-state index is 0.759. The van der Waals surface area contributed by atoms with Crippen LogP contribution in [0.15, 0.2) is 197 Å². The Labute approximate surface area is 518 Å². The maximum absolute atomic E-state index is 4.28. The van der Waals surface area contributed by atoms with Gasteiger partial charge in [-0.15, -0.1) is 0 Å². The van der Waals surface area contributed by atoms with Crippen LogP contribution in [-0.2, 0) is 0 Å². The monoisotopic (exact) mass is 1160 g/mol. The maximum atomic E-state index is 4.28. The van der Waals surface area contributed by atoms with Crippen LogP contribution in [0.3, 0.4) is 0 Å². The third kappa shape index (κ3) is 69.6. The minimum Gasteiger partial charge on any atom is -0.265 e. The topological polar surface area (TPSA) is 193 Å². The number of para-hydroxylation sites is 1. The van der Waals surface area contributed by atoms with Gasteiger partial charge in [-0.25, -0.2) is 44.9 Å². The second-order valence-corrected chi connectivity index (χ2v) is 13.8. The van der Waals surface area contributed by atoms with Crippen molar-refractivity contribution in [3.05, 3.63) is 248 Å². The van der Waals surface area contributed by atoms with Gasteiger partial charge in [0.15, 0.2) is 0 Å². The van der Waals surface area contributed by atoms with E-state index in [4.69, 9.17) is 0 Å². The van der Waals surface area contributed by atoms with Gasteiger partial charge in [0.1, 0.15) is 37.0 Å². The first-order chi connectivity index (χ1) is 41.5. The molecule has 0 bridgehead atoms. The molecule has 0 aliphatic heterocycles. The number of aromatic nitrogens is 15. The van der Waals surface area contributed by atoms with Gasteiger partial charge in [-0.3, -0.25) is 29.9 Å². The van der Waals surface area contributed by atoms with Crippen molar-refractivity contribution >= 4 is 10.9 Å². The molecular weight excluding hydrogens is 1050 g/mol. The van der Waals surface area contributed by atoms with Crippen molar-refractivity contribution in [2.75, 3.05) is 0 Å². The van der Waals surface area contributed by atoms with Crippen LogP contribution in [0.25, 0.3) is 10.9 Å². The molecule has 0 unspecified atom stereocenters. The lowest BCUT2D eigenvalue weighted by Crippen LogP contribution is -1.84. The summed E-state index contributed by atoms with van der Waals surface area (Å²) in [5.74, 6) is 1.58. The van der Waals surface area contributed by atoms with Gasteiger partial charge < -0.3 is 0 Å². The van der Waals surface area contributed by atoms with E-state index >= 15 is 0 Å². The van der Waals surface area contributed by atoms with Crippen LogP contribution >= 0.6 is 0 Å². The van der Waals surface area contributed by atoms with Gasteiger partial charge in [-0.1, -0.05) is 161 Å². The number of benzene rings is 1. The van der Waals surface area contributed by atoms with E-state index < -0.39 is 0 Å². The summed E-state index contributed by atoms with van der Waals surface area (Å²) in [6, 6.07) is 27.7. The Morgan fingerprint density at radius 2 is 0.682 bits per heavy atom. The second-order valence-electron chi connectivity index (χ2n) is 13.8. The Kier molecular flexibility index (Phi) is 89.4. The summed E-state index contributed by atoms with van der Waals surface area (Å²) in [6.45, 7) is 53.6. The molecule has 0 aliphatic carbocycles. The molecule has 85 heavy (non-hydrogen) atoms. The van der Waals surface area contributed by atoms with Gasteiger partial charge in [-0.2, -0.15) is 0 Å². The molecule has 0 amide bonds. The zero-order chi connectivity index (χ0) is 66.6. The average molecular weight is 1160 g/mol. The first-order valence-electron chi connectivity index (χ1n) is 29.9. The van der Waals surface area contributed by atoms with E-state index in [2.05, 4.69) is 106 Å². The molecule has 15 heteroatoms. The third-order valence-electron chi connectivity index (χ3n) is 7.73. The normalized spacial score (nSPS) is 7.71. The van der Waals surface area contributed by atoms with Gasteiger partial charge in [0, 0.05) is 104 Å². The molecule has 10 aromatic rings. The predicted molar refractivity (Wildman–Crippen MR) is 367 cm³/mol. The lowest BCUT2D eigenvalue weighted by Gasteiger charge is -1.97. The molecule has 9 aromatic heterocycles. The van der Waals surface area contributed by atoms with Crippen molar-refractivity contribution < 1.29 is 0 Å². The summed E-state index contributed by atoms with van der Waals surface area (Å²) >= 11 is 0. The van der Waals surface area contributed by atoms with Crippen molar-refractivity contribution in [3.8, 4) is 0 Å². The Balaban J connectivity index is -0.000000127. The highest BCUT2D eigenvalue weighted by atomic mass is 15.0. The number of aryl methyl sites for hydroxylation is 9. The molecule has 0 N–H and O–H groups in total. The summed E-state index contributed by atoms with van der Waals surface area (Å²) in [5, 5.41) is 1.22. The third-order valence-corrected chi connectivity index (χ3v) is 7.73. The first kappa shape index (κ1) is 92.8. The van der Waals surface area contributed by atoms with Crippen LogP contribution in [0.1, 0.15) is 176 Å². The molecule has 10 rings (SSSR count). The Morgan fingerprint density at radius 1 is 0.224 bits per heavy atom. The van der Waals surface area contributed by atoms with E-state index in [1.165, 1.54) is 47.4 Å². The molecule has 468 valence electrons. The van der Waals surface area contributed by atoms with E-state index in [1.807, 2.05) is 247 Å². The number of rotatable bonds is 0. The fourth-order valence-corrected chi connectivity index (χ4v) is 4.35. The van der Waals surface area contributed by atoms with Gasteiger partial charge in [0.05, 0.1) is 11.2 Å². The number of nitrogens with zero attached hydrogens (tertiary/aromatic N) is 15. The van der Waals surface area contributed by atoms with Crippen LogP contribution in [0.2, 0.25) is 0 Å². The Bertz CT molecular complexity index is 2190. The zero-order valence-electron chi connectivity index (χ0n) is 57.7. The van der Waals surface area contributed by atoms with Crippen LogP contribution in [0.4, 0.5) is 0 Å². The predicted octanol–water partition coefficient (Wildman–Crippen LogP) is 19.3. The van der Waals surface area contributed by atoms with Crippen LogP contribution < -0.4 is 0 Å². The first-order valence-corrected chi connectivity index (χ1v) is 29.9. The van der Waals surface area contributed by atoms with Crippen molar-refractivity contribution in [2.24, 2.45) is 0 Å². The van der Waals surface area contributed by atoms with Gasteiger partial charge >= 0.3 is 0 Å². The Morgan fingerprint density at radius 3 is 0.976 bits per heavy atom. The fourth-order valence-electron chi connectivity index (χ4n) is 4.35. The minimum absolute atomic E-state index is 0.759. The average Bonchev–Trinajstić information content (AvgIpc) is 3.78. The lowest BCUT2D eigenvalue weighted by molar-refractivity contribution is 0.974. The van der Waals surface area contributed by atoms with E-state index in [9.17, 15) is 0 Å². The molecule has 0 radical (unpaired) electrons. The summed E-state index contributed by atoms with van der Waals surface area (Å²) in [4.78, 5) is 57.8. The molecule has 0 spiro atoms. The molecule has 15 nitrogen and oxygen atoms in total. The van der Waals surface area contributed by atoms with E-state index in [-0.39, 0.29) is 0 Å². The standard InChI is InChI=1S/C10H9N.3C6H7N.4C5H6N2.C4H5N3.9C2H6/c1-8-4-2-5-9-6-3-7-11-10(8)9;1-6-2-4-7-5-3-6;1-6-3-2-4-7-5-6;1-6-4-2-3-5-7-6;1-5-2-6-4-7-3-5;1-5-4-6-2-3-7-5;1-5-2-3-6-4-7-5;1-5-6-3-2-4-7-5;1-4-6-2-5-3-7-4;9*1-2/h2-7H,1H3;3*2-5H,1H3;4*2-4H,1H3;2-3H,1H3;9*1-2H3. The smallest absolute Gasteiger partial charge is 0.128 e. The highest BCUT2D eigenvalue weighted by Gasteiger charge is 1.94. The van der Waals surface area contributed by atoms with E-state index in [1.54, 1.807) is 80.4 Å². The zero-order valence-corrected chi connectivity index (χ0v) is 57.7. The molecule has 0 aliphatic rings. The van der Waals surface area contributed by atoms with Crippen molar-refractivity contribution in [1.82, 2.24) is 74.8 Å². The largest absolute Gasteiger partial charge is 0.265 e. The number of hydrogen-bond acceptors (Lipinski definition) is 15. The number of fused-ring (bicyclic) bond motifs is 1. The van der Waals surface area contributed by atoms with Gasteiger partial charge in [0.2, 0.25) is 0 Å². The van der Waals surface area contributed by atoms with Gasteiger partial charge in [0.25, 0.3) is 0 Å². The highest BCUT2D eigenvalue weighted by molar-refractivity contribution is 5.81. The quantitative estimate of drug-likeness (QED) is 0.139. The SMILES string of the molecule is CC.CC.CC.CC.CC.CC.CC.CC.CC.Cc1cccc2cccnc12.Cc1ccccn1.Cc1cccnc1.Cc1ccncc1.Cc1ccncn1.Cc1cnccn1.Cc1cncnc1.Cc1ncccn1.Cc1ncncn1. The molecule has 0 saturated carbocycles. The maximum Gasteiger partial charge on any atom is 0.128 e. The van der Waals surface area contributed by atoms with Crippen molar-refractivity contribution in [1.29, 1.82) is 0 Å². The molecular formula is C70H113N15. The summed E-state index contributed by atoms with van der Waals surface area (Å²) in [7, 11) is 0. The Hall–Kier alpha value is -8.59. The molecule has 0 atom stereocenters. The summed E-state index contributed by atoms with van der Waals surface area (Å²) in [6.07, 6.45) is 30.6. The van der Waals surface area contributed by atoms with E-state index in [0.717, 1.165) is 39.8 Å². The summed E-state index contributed by atoms with van der Waals surface area (Å²) in [5.41, 5.74) is 8.96.